The van der Waals surface area contributed by atoms with Gasteiger partial charge in [0.05, 0.1) is 18.3 Å². The van der Waals surface area contributed by atoms with E-state index in [1.54, 1.807) is 24.4 Å². The van der Waals surface area contributed by atoms with E-state index in [1.807, 2.05) is 36.0 Å². The number of hydrogen-bond acceptors (Lipinski definition) is 8. The molecule has 0 saturated carbocycles. The average molecular weight is 549 g/mol. The smallest absolute Gasteiger partial charge is 0.253 e. The molecule has 0 aliphatic carbocycles. The summed E-state index contributed by atoms with van der Waals surface area (Å²) in [5, 5.41) is 4.76. The van der Waals surface area contributed by atoms with E-state index in [0.717, 1.165) is 41.7 Å². The molecule has 2 saturated heterocycles. The van der Waals surface area contributed by atoms with Crippen molar-refractivity contribution < 1.29 is 13.2 Å². The van der Waals surface area contributed by atoms with Crippen molar-refractivity contribution in [1.82, 2.24) is 24.5 Å². The third-order valence-electron chi connectivity index (χ3n) is 6.81. The van der Waals surface area contributed by atoms with E-state index in [2.05, 4.69) is 10.3 Å². The van der Waals surface area contributed by atoms with Gasteiger partial charge >= 0.3 is 0 Å². The van der Waals surface area contributed by atoms with Crippen LogP contribution in [0.3, 0.4) is 0 Å². The highest BCUT2D eigenvalue weighted by atomic mass is 35.5. The van der Waals surface area contributed by atoms with E-state index in [9.17, 15) is 13.2 Å². The molecule has 1 atom stereocenters. The Morgan fingerprint density at radius 2 is 1.94 bits per heavy atom. The van der Waals surface area contributed by atoms with Crippen LogP contribution < -0.4 is 10.2 Å². The Bertz CT molecular complexity index is 1370. The number of hydrogen-bond donors (Lipinski definition) is 1. The first-order chi connectivity index (χ1) is 17.2. The summed E-state index contributed by atoms with van der Waals surface area (Å²) in [6.07, 6.45) is 3.56. The Morgan fingerprint density at radius 1 is 1.17 bits per heavy atom. The first kappa shape index (κ1) is 25.3. The Labute approximate surface area is 220 Å². The van der Waals surface area contributed by atoms with Gasteiger partial charge in [0.25, 0.3) is 10.0 Å². The van der Waals surface area contributed by atoms with Crippen molar-refractivity contribution in [3.05, 3.63) is 47.2 Å². The quantitative estimate of drug-likeness (QED) is 0.505. The van der Waals surface area contributed by atoms with Crippen LogP contribution in [-0.2, 0) is 14.8 Å². The number of fused-ring (bicyclic) bond motifs is 1. The predicted molar refractivity (Wildman–Crippen MR) is 142 cm³/mol. The molecular formula is C24H29ClN6O3S2. The number of halogens is 1. The second-order valence-corrected chi connectivity index (χ2v) is 13.1. The third kappa shape index (κ3) is 4.95. The Hall–Kier alpha value is -2.31. The number of nitrogens with zero attached hydrogens (tertiary/aromatic N) is 5. The molecule has 2 aliphatic heterocycles. The topological polar surface area (TPSA) is 98.7 Å². The number of piperazine rings is 1. The molecule has 1 N–H and O–H groups in total. The summed E-state index contributed by atoms with van der Waals surface area (Å²) in [7, 11) is -0.0386. The number of piperidine rings is 1. The van der Waals surface area contributed by atoms with Gasteiger partial charge in [-0.05, 0) is 61.5 Å². The molecule has 5 rings (SSSR count). The number of thiophene rings is 1. The van der Waals surface area contributed by atoms with Crippen LogP contribution in [0.4, 0.5) is 5.95 Å². The zero-order chi connectivity index (χ0) is 25.4. The van der Waals surface area contributed by atoms with E-state index in [0.29, 0.717) is 17.5 Å². The van der Waals surface area contributed by atoms with Crippen LogP contribution in [0.15, 0.2) is 40.7 Å². The minimum atomic E-state index is -3.81. The maximum Gasteiger partial charge on any atom is 0.253 e. The molecule has 2 aliphatic rings. The van der Waals surface area contributed by atoms with Crippen molar-refractivity contribution >= 4 is 54.9 Å². The predicted octanol–water partition coefficient (Wildman–Crippen LogP) is 2.98. The van der Waals surface area contributed by atoms with Crippen molar-refractivity contribution in [3.63, 3.8) is 0 Å². The number of aromatic nitrogens is 2. The highest BCUT2D eigenvalue weighted by molar-refractivity contribution is 7.91. The van der Waals surface area contributed by atoms with Crippen LogP contribution in [-0.4, -0.2) is 80.3 Å². The van der Waals surface area contributed by atoms with Crippen LogP contribution in [0, 0.1) is 5.92 Å². The number of benzene rings is 1. The average Bonchev–Trinajstić information content (AvgIpc) is 3.30. The monoisotopic (exact) mass is 548 g/mol. The minimum absolute atomic E-state index is 0.190. The molecule has 1 unspecified atom stereocenters. The highest BCUT2D eigenvalue weighted by Crippen LogP contribution is 2.37. The van der Waals surface area contributed by atoms with Gasteiger partial charge in [-0.3, -0.25) is 4.79 Å². The number of carbonyl (C=O) groups is 1. The van der Waals surface area contributed by atoms with Gasteiger partial charge in [-0.2, -0.15) is 4.31 Å². The first-order valence-corrected chi connectivity index (χ1v) is 14.6. The first-order valence-electron chi connectivity index (χ1n) is 11.9. The molecule has 0 radical (unpaired) electrons. The SMILES string of the molecule is CN(C)c1nccc(C(C2CCNCC2)N2CCN(S(=O)(=O)c3cc4ccc(Cl)cc4s3)CC2=O)n1. The van der Waals surface area contributed by atoms with Gasteiger partial charge < -0.3 is 15.1 Å². The standard InChI is InChI=1S/C24H29ClN6O3S2/c1-29(2)24-27-10-7-19(28-24)23(16-5-8-26-9-6-16)31-12-11-30(15-21(31)32)36(33,34)22-13-17-3-4-18(25)14-20(17)35-22/h3-4,7,10,13-14,16,23,26H,5-6,8-9,11-12,15H2,1-2H3. The molecule has 0 bridgehead atoms. The summed E-state index contributed by atoms with van der Waals surface area (Å²) in [5.74, 6) is 0.614. The molecule has 9 nitrogen and oxygen atoms in total. The van der Waals surface area contributed by atoms with Crippen LogP contribution in [0.2, 0.25) is 5.02 Å². The number of amides is 1. The molecule has 3 aromatic rings. The maximum absolute atomic E-state index is 13.5. The molecule has 192 valence electrons. The van der Waals surface area contributed by atoms with Crippen LogP contribution in [0.1, 0.15) is 24.6 Å². The van der Waals surface area contributed by atoms with Gasteiger partial charge in [0.15, 0.2) is 0 Å². The van der Waals surface area contributed by atoms with Gasteiger partial charge in [-0.15, -0.1) is 11.3 Å². The molecule has 2 aromatic heterocycles. The minimum Gasteiger partial charge on any atom is -0.347 e. The maximum atomic E-state index is 13.5. The Morgan fingerprint density at radius 3 is 2.67 bits per heavy atom. The van der Waals surface area contributed by atoms with Crippen molar-refractivity contribution in [2.24, 2.45) is 5.92 Å². The van der Waals surface area contributed by atoms with E-state index in [1.165, 1.54) is 15.6 Å². The zero-order valence-electron chi connectivity index (χ0n) is 20.2. The van der Waals surface area contributed by atoms with Gasteiger partial charge in [0, 0.05) is 43.1 Å². The zero-order valence-corrected chi connectivity index (χ0v) is 22.6. The number of sulfonamides is 1. The molecule has 4 heterocycles. The van der Waals surface area contributed by atoms with Crippen molar-refractivity contribution in [2.75, 3.05) is 51.7 Å². The van der Waals surface area contributed by atoms with Crippen molar-refractivity contribution in [2.45, 2.75) is 23.1 Å². The lowest BCUT2D eigenvalue weighted by atomic mass is 9.86. The summed E-state index contributed by atoms with van der Waals surface area (Å²) in [5.41, 5.74) is 0.798. The molecule has 12 heteroatoms. The Kier molecular flexibility index (Phi) is 7.19. The lowest BCUT2D eigenvalue weighted by Crippen LogP contribution is -2.54. The van der Waals surface area contributed by atoms with Gasteiger partial charge in [0.2, 0.25) is 11.9 Å². The number of carbonyl (C=O) groups excluding carboxylic acids is 1. The fourth-order valence-corrected chi connectivity index (χ4v) is 8.17. The molecular weight excluding hydrogens is 520 g/mol. The lowest BCUT2D eigenvalue weighted by Gasteiger charge is -2.42. The summed E-state index contributed by atoms with van der Waals surface area (Å²) in [6.45, 7) is 2.11. The lowest BCUT2D eigenvalue weighted by molar-refractivity contribution is -0.138. The summed E-state index contributed by atoms with van der Waals surface area (Å²) < 4.78 is 29.2. The van der Waals surface area contributed by atoms with E-state index >= 15 is 0 Å². The molecule has 2 fully saturated rings. The fraction of sp³-hybridized carbons (Fsp3) is 0.458. The summed E-state index contributed by atoms with van der Waals surface area (Å²) in [4.78, 5) is 26.3. The van der Waals surface area contributed by atoms with Crippen molar-refractivity contribution in [3.8, 4) is 0 Å². The normalized spacial score (nSPS) is 19.1. The molecule has 1 amide bonds. The van der Waals surface area contributed by atoms with Gasteiger partial charge in [-0.1, -0.05) is 17.7 Å². The molecule has 0 spiro atoms. The second kappa shape index (κ2) is 10.2. The summed E-state index contributed by atoms with van der Waals surface area (Å²) in [6, 6.07) is 8.62. The number of nitrogens with one attached hydrogen (secondary N) is 1. The largest absolute Gasteiger partial charge is 0.347 e. The van der Waals surface area contributed by atoms with Crippen LogP contribution in [0.5, 0.6) is 0 Å². The number of anilines is 1. The van der Waals surface area contributed by atoms with E-state index in [-0.39, 0.29) is 35.2 Å². The van der Waals surface area contributed by atoms with Crippen LogP contribution in [0.25, 0.3) is 10.1 Å². The van der Waals surface area contributed by atoms with Crippen molar-refractivity contribution in [1.29, 1.82) is 0 Å². The van der Waals surface area contributed by atoms with E-state index < -0.39 is 10.0 Å². The highest BCUT2D eigenvalue weighted by Gasteiger charge is 2.40. The fourth-order valence-electron chi connectivity index (χ4n) is 4.96. The Balaban J connectivity index is 1.41. The molecule has 36 heavy (non-hydrogen) atoms. The number of rotatable bonds is 6. The second-order valence-electron chi connectivity index (χ2n) is 9.38. The van der Waals surface area contributed by atoms with Gasteiger partial charge in [0.1, 0.15) is 4.21 Å². The molecule has 1 aromatic carbocycles. The third-order valence-corrected chi connectivity index (χ3v) is 10.4. The van der Waals surface area contributed by atoms with Crippen LogP contribution >= 0.6 is 22.9 Å². The van der Waals surface area contributed by atoms with E-state index in [4.69, 9.17) is 16.6 Å². The van der Waals surface area contributed by atoms with Gasteiger partial charge in [-0.25, -0.2) is 18.4 Å². The summed E-state index contributed by atoms with van der Waals surface area (Å²) >= 11 is 7.25.